The highest BCUT2D eigenvalue weighted by molar-refractivity contribution is 7.92. The summed E-state index contributed by atoms with van der Waals surface area (Å²) in [6, 6.07) is 20.8. The molecule has 3 aromatic rings. The molecule has 1 N–H and O–H groups in total. The van der Waals surface area contributed by atoms with Crippen molar-refractivity contribution in [2.24, 2.45) is 0 Å². The van der Waals surface area contributed by atoms with Gasteiger partial charge in [-0.3, -0.25) is 9.10 Å². The van der Waals surface area contributed by atoms with E-state index in [4.69, 9.17) is 4.74 Å². The fourth-order valence-corrected chi connectivity index (χ4v) is 4.80. The molecule has 0 fully saturated rings. The summed E-state index contributed by atoms with van der Waals surface area (Å²) < 4.78 is 46.4. The van der Waals surface area contributed by atoms with E-state index < -0.39 is 27.9 Å². The van der Waals surface area contributed by atoms with Gasteiger partial charge in [-0.15, -0.1) is 0 Å². The molecule has 1 heterocycles. The van der Waals surface area contributed by atoms with Gasteiger partial charge in [-0.25, -0.2) is 12.8 Å². The zero-order valence-corrected chi connectivity index (χ0v) is 16.7. The summed E-state index contributed by atoms with van der Waals surface area (Å²) in [6.45, 7) is -0.167. The molecule has 0 saturated heterocycles. The Labute approximate surface area is 174 Å². The van der Waals surface area contributed by atoms with Gasteiger partial charge in [0.1, 0.15) is 11.6 Å². The molecular weight excluding hydrogens is 407 g/mol. The number of benzene rings is 3. The van der Waals surface area contributed by atoms with Crippen molar-refractivity contribution in [3.63, 3.8) is 0 Å². The van der Waals surface area contributed by atoms with Crippen molar-refractivity contribution in [1.82, 2.24) is 0 Å². The fraction of sp³-hybridized carbons (Fsp3) is 0.136. The monoisotopic (exact) mass is 426 g/mol. The van der Waals surface area contributed by atoms with Gasteiger partial charge < -0.3 is 10.1 Å². The minimum Gasteiger partial charge on any atom is -0.476 e. The molecule has 0 unspecified atom stereocenters. The maximum absolute atomic E-state index is 13.2. The number of nitrogens with one attached hydrogen (secondary N) is 1. The highest BCUT2D eigenvalue weighted by Crippen LogP contribution is 2.36. The maximum Gasteiger partial charge on any atom is 0.267 e. The number of ether oxygens (including phenoxy) is 1. The SMILES string of the molecule is O=C(Nc1ccc(F)cc1)[C@@H]1CN(S(=O)(=O)Cc2ccccc2)c2ccccc2O1. The number of sulfonamides is 1. The topological polar surface area (TPSA) is 75.7 Å². The Hall–Kier alpha value is -3.39. The number of fused-ring (bicyclic) bond motifs is 1. The van der Waals surface area contributed by atoms with Crippen LogP contribution in [0.15, 0.2) is 78.9 Å². The lowest BCUT2D eigenvalue weighted by Gasteiger charge is -2.34. The predicted molar refractivity (Wildman–Crippen MR) is 112 cm³/mol. The maximum atomic E-state index is 13.2. The Morgan fingerprint density at radius 1 is 1.00 bits per heavy atom. The number of amides is 1. The number of nitrogens with zero attached hydrogens (tertiary/aromatic N) is 1. The Kier molecular flexibility index (Phi) is 5.41. The van der Waals surface area contributed by atoms with Crippen molar-refractivity contribution >= 4 is 27.3 Å². The Balaban J connectivity index is 1.60. The van der Waals surface area contributed by atoms with Crippen LogP contribution in [0.5, 0.6) is 5.75 Å². The van der Waals surface area contributed by atoms with E-state index in [9.17, 15) is 17.6 Å². The van der Waals surface area contributed by atoms with Crippen LogP contribution in [0.1, 0.15) is 5.56 Å². The molecule has 1 aliphatic heterocycles. The molecule has 8 heteroatoms. The molecule has 0 saturated carbocycles. The van der Waals surface area contributed by atoms with Gasteiger partial charge in [0.15, 0.2) is 6.10 Å². The minimum atomic E-state index is -3.77. The van der Waals surface area contributed by atoms with Crippen molar-refractivity contribution < 1.29 is 22.3 Å². The minimum absolute atomic E-state index is 0.167. The van der Waals surface area contributed by atoms with Crippen LogP contribution in [0, 0.1) is 5.82 Å². The number of carbonyl (C=O) groups excluding carboxylic acids is 1. The Morgan fingerprint density at radius 2 is 1.67 bits per heavy atom. The molecule has 1 aliphatic rings. The number of anilines is 2. The van der Waals surface area contributed by atoms with Gasteiger partial charge in [-0.1, -0.05) is 42.5 Å². The molecule has 154 valence electrons. The number of rotatable bonds is 5. The van der Waals surface area contributed by atoms with E-state index >= 15 is 0 Å². The first kappa shape index (κ1) is 19.9. The number of hydrogen-bond donors (Lipinski definition) is 1. The second kappa shape index (κ2) is 8.16. The van der Waals surface area contributed by atoms with Crippen molar-refractivity contribution in [3.8, 4) is 5.75 Å². The van der Waals surface area contributed by atoms with Crippen molar-refractivity contribution in [1.29, 1.82) is 0 Å². The van der Waals surface area contributed by atoms with Crippen molar-refractivity contribution in [3.05, 3.63) is 90.2 Å². The average Bonchev–Trinajstić information content (AvgIpc) is 2.75. The van der Waals surface area contributed by atoms with E-state index in [0.29, 0.717) is 22.7 Å². The second-order valence-electron chi connectivity index (χ2n) is 6.84. The number of halogens is 1. The van der Waals surface area contributed by atoms with E-state index in [0.717, 1.165) is 0 Å². The fourth-order valence-electron chi connectivity index (χ4n) is 3.22. The van der Waals surface area contributed by atoms with Crippen LogP contribution in [-0.2, 0) is 20.6 Å². The molecule has 4 rings (SSSR count). The summed E-state index contributed by atoms with van der Waals surface area (Å²) in [6.07, 6.45) is -1.06. The first-order valence-electron chi connectivity index (χ1n) is 9.29. The molecule has 0 bridgehead atoms. The van der Waals surface area contributed by atoms with E-state index in [1.54, 1.807) is 48.5 Å². The molecule has 1 amide bonds. The van der Waals surface area contributed by atoms with E-state index in [2.05, 4.69) is 5.32 Å². The van der Waals surface area contributed by atoms with Gasteiger partial charge in [0.25, 0.3) is 5.91 Å². The van der Waals surface area contributed by atoms with Crippen LogP contribution in [0.4, 0.5) is 15.8 Å². The summed E-state index contributed by atoms with van der Waals surface area (Å²) in [5.74, 6) is -0.834. The Morgan fingerprint density at radius 3 is 2.40 bits per heavy atom. The summed E-state index contributed by atoms with van der Waals surface area (Å²) in [5.41, 5.74) is 1.43. The van der Waals surface area contributed by atoms with Crippen LogP contribution < -0.4 is 14.4 Å². The molecule has 0 aliphatic carbocycles. The zero-order chi connectivity index (χ0) is 21.1. The van der Waals surface area contributed by atoms with Crippen LogP contribution in [0.2, 0.25) is 0 Å². The summed E-state index contributed by atoms with van der Waals surface area (Å²) in [4.78, 5) is 12.7. The summed E-state index contributed by atoms with van der Waals surface area (Å²) in [5, 5.41) is 2.64. The Bertz CT molecular complexity index is 1150. The van der Waals surface area contributed by atoms with Gasteiger partial charge in [-0.05, 0) is 42.0 Å². The van der Waals surface area contributed by atoms with Crippen LogP contribution >= 0.6 is 0 Å². The van der Waals surface area contributed by atoms with Gasteiger partial charge in [0, 0.05) is 5.69 Å². The van der Waals surface area contributed by atoms with Gasteiger partial charge in [0.05, 0.1) is 18.0 Å². The van der Waals surface area contributed by atoms with Crippen LogP contribution in [0.3, 0.4) is 0 Å². The van der Waals surface area contributed by atoms with Gasteiger partial charge in [-0.2, -0.15) is 0 Å². The lowest BCUT2D eigenvalue weighted by Crippen LogP contribution is -2.49. The molecule has 1 atom stereocenters. The first-order chi connectivity index (χ1) is 14.4. The molecule has 0 spiro atoms. The van der Waals surface area contributed by atoms with E-state index in [-0.39, 0.29) is 12.3 Å². The predicted octanol–water partition coefficient (Wildman–Crippen LogP) is 3.56. The third kappa shape index (κ3) is 4.28. The summed E-state index contributed by atoms with van der Waals surface area (Å²) in [7, 11) is -3.77. The third-order valence-corrected chi connectivity index (χ3v) is 6.38. The highest BCUT2D eigenvalue weighted by atomic mass is 32.2. The smallest absolute Gasteiger partial charge is 0.267 e. The highest BCUT2D eigenvalue weighted by Gasteiger charge is 2.36. The normalized spacial score (nSPS) is 15.8. The number of hydrogen-bond acceptors (Lipinski definition) is 4. The van der Waals surface area contributed by atoms with Crippen LogP contribution in [-0.4, -0.2) is 27.0 Å². The second-order valence-corrected chi connectivity index (χ2v) is 8.74. The molecule has 0 aromatic heterocycles. The zero-order valence-electron chi connectivity index (χ0n) is 15.9. The molecule has 6 nitrogen and oxygen atoms in total. The third-order valence-electron chi connectivity index (χ3n) is 4.67. The first-order valence-corrected chi connectivity index (χ1v) is 10.9. The lowest BCUT2D eigenvalue weighted by atomic mass is 10.2. The largest absolute Gasteiger partial charge is 0.476 e. The molecule has 0 radical (unpaired) electrons. The lowest BCUT2D eigenvalue weighted by molar-refractivity contribution is -0.122. The van der Waals surface area contributed by atoms with E-state index in [1.165, 1.54) is 28.6 Å². The quantitative estimate of drug-likeness (QED) is 0.677. The van der Waals surface area contributed by atoms with Gasteiger partial charge in [0.2, 0.25) is 10.0 Å². The standard InChI is InChI=1S/C22H19FN2O4S/c23-17-10-12-18(13-11-17)24-22(26)21-14-25(19-8-4-5-9-20(19)29-21)30(27,28)15-16-6-2-1-3-7-16/h1-13,21H,14-15H2,(H,24,26)/t21-/m0/s1. The number of carbonyl (C=O) groups is 1. The van der Waals surface area contributed by atoms with Gasteiger partial charge >= 0.3 is 0 Å². The number of para-hydroxylation sites is 2. The molecule has 30 heavy (non-hydrogen) atoms. The van der Waals surface area contributed by atoms with Crippen molar-refractivity contribution in [2.75, 3.05) is 16.2 Å². The average molecular weight is 426 g/mol. The van der Waals surface area contributed by atoms with E-state index in [1.807, 2.05) is 6.07 Å². The molecule has 3 aromatic carbocycles. The van der Waals surface area contributed by atoms with Crippen LogP contribution in [0.25, 0.3) is 0 Å². The summed E-state index contributed by atoms with van der Waals surface area (Å²) >= 11 is 0. The molecular formula is C22H19FN2O4S. The van der Waals surface area contributed by atoms with Crippen molar-refractivity contribution in [2.45, 2.75) is 11.9 Å².